The zero-order chi connectivity index (χ0) is 29.8. The number of aryl methyl sites for hydroxylation is 3. The van der Waals surface area contributed by atoms with Crippen LogP contribution in [-0.2, 0) is 31.2 Å². The summed E-state index contributed by atoms with van der Waals surface area (Å²) in [7, 11) is -1.65. The monoisotopic (exact) mass is 611 g/mol. The van der Waals surface area contributed by atoms with E-state index >= 15 is 0 Å². The predicted molar refractivity (Wildman–Crippen MR) is 161 cm³/mol. The molecule has 0 saturated carbocycles. The molecule has 0 bridgehead atoms. The molecule has 3 N–H and O–H groups in total. The number of aliphatic carboxylic acids is 1. The standard InChI is InChI=1S/C30H34ClN5O5S/c1-4-22-16-36(42(39,40)27-12-21(31)14-32-30(27)41-22)15-20-11-19(10-18-6-5-7-24(18)20)25(13-28(37)38)23-8-9-26-29(17(23)2)33-34-35(26)3/h8-12,14,22,25,39-40H,4-7,13,15-16H2,1-3H3,(H,37,38)/t22-,25-/m1/s1. The fraction of sp³-hybridized carbons (Fsp3) is 0.400. The summed E-state index contributed by atoms with van der Waals surface area (Å²) in [5.74, 6) is -1.13. The van der Waals surface area contributed by atoms with E-state index in [1.807, 2.05) is 33.0 Å². The average Bonchev–Trinajstić information content (AvgIpc) is 3.56. The first-order valence-electron chi connectivity index (χ1n) is 14.1. The zero-order valence-corrected chi connectivity index (χ0v) is 25.3. The number of fused-ring (bicyclic) bond motifs is 3. The highest BCUT2D eigenvalue weighted by Gasteiger charge is 2.37. The highest BCUT2D eigenvalue weighted by molar-refractivity contribution is 8.22. The molecule has 2 atom stereocenters. The molecule has 0 spiro atoms. The van der Waals surface area contributed by atoms with Gasteiger partial charge in [-0.3, -0.25) is 13.9 Å². The average molecular weight is 612 g/mol. The van der Waals surface area contributed by atoms with E-state index in [0.29, 0.717) is 11.4 Å². The van der Waals surface area contributed by atoms with Crippen molar-refractivity contribution in [3.05, 3.63) is 74.9 Å². The lowest BCUT2D eigenvalue weighted by molar-refractivity contribution is -0.137. The first-order valence-corrected chi connectivity index (χ1v) is 16.0. The molecule has 6 rings (SSSR count). The van der Waals surface area contributed by atoms with E-state index in [9.17, 15) is 19.0 Å². The lowest BCUT2D eigenvalue weighted by Gasteiger charge is -2.42. The van der Waals surface area contributed by atoms with Crippen LogP contribution < -0.4 is 4.74 Å². The van der Waals surface area contributed by atoms with Crippen molar-refractivity contribution < 1.29 is 23.7 Å². The number of hydrogen-bond acceptors (Lipinski definition) is 8. The summed E-state index contributed by atoms with van der Waals surface area (Å²) in [5.41, 5.74) is 7.64. The van der Waals surface area contributed by atoms with Gasteiger partial charge in [-0.1, -0.05) is 41.9 Å². The molecule has 42 heavy (non-hydrogen) atoms. The van der Waals surface area contributed by atoms with Gasteiger partial charge in [0.1, 0.15) is 16.5 Å². The highest BCUT2D eigenvalue weighted by atomic mass is 35.5. The summed E-state index contributed by atoms with van der Waals surface area (Å²) >= 11 is 6.21. The van der Waals surface area contributed by atoms with Crippen molar-refractivity contribution in [1.29, 1.82) is 0 Å². The normalized spacial score (nSPS) is 19.5. The molecule has 2 aromatic carbocycles. The minimum Gasteiger partial charge on any atom is -0.481 e. The number of carboxylic acid groups (broad SMARTS) is 1. The maximum absolute atomic E-state index is 12.2. The molecule has 0 radical (unpaired) electrons. The Bertz CT molecular complexity index is 1690. The summed E-state index contributed by atoms with van der Waals surface area (Å²) in [4.78, 5) is 16.6. The Hall–Kier alpha value is -3.22. The smallest absolute Gasteiger partial charge is 0.304 e. The Kier molecular flexibility index (Phi) is 7.65. The van der Waals surface area contributed by atoms with E-state index in [0.717, 1.165) is 52.5 Å². The Balaban J connectivity index is 1.45. The van der Waals surface area contributed by atoms with Gasteiger partial charge >= 0.3 is 5.97 Å². The van der Waals surface area contributed by atoms with Crippen LogP contribution in [0.25, 0.3) is 11.0 Å². The number of carboxylic acids is 1. The second kappa shape index (κ2) is 11.1. The topological polar surface area (TPSA) is 134 Å². The van der Waals surface area contributed by atoms with Crippen LogP contribution in [0.5, 0.6) is 5.88 Å². The lowest BCUT2D eigenvalue weighted by Crippen LogP contribution is -2.34. The number of nitrogens with zero attached hydrogens (tertiary/aromatic N) is 5. The number of ether oxygens (including phenoxy) is 1. The molecular formula is C30H34ClN5O5S. The van der Waals surface area contributed by atoms with Crippen molar-refractivity contribution in [1.82, 2.24) is 24.3 Å². The van der Waals surface area contributed by atoms with E-state index in [1.165, 1.54) is 23.4 Å². The summed E-state index contributed by atoms with van der Waals surface area (Å²) in [6, 6.07) is 9.62. The van der Waals surface area contributed by atoms with Gasteiger partial charge in [-0.2, -0.15) is 4.31 Å². The highest BCUT2D eigenvalue weighted by Crippen LogP contribution is 2.57. The lowest BCUT2D eigenvalue weighted by atomic mass is 9.83. The Labute approximate surface area is 250 Å². The maximum atomic E-state index is 12.2. The van der Waals surface area contributed by atoms with E-state index in [2.05, 4.69) is 27.4 Å². The van der Waals surface area contributed by atoms with Gasteiger partial charge in [-0.05, 0) is 78.1 Å². The Morgan fingerprint density at radius 2 is 2.05 bits per heavy atom. The molecule has 1 aliphatic heterocycles. The largest absolute Gasteiger partial charge is 0.481 e. The molecule has 222 valence electrons. The van der Waals surface area contributed by atoms with E-state index < -0.39 is 22.7 Å². The fourth-order valence-electron chi connectivity index (χ4n) is 6.29. The minimum absolute atomic E-state index is 0.0902. The van der Waals surface area contributed by atoms with Crippen LogP contribution in [-0.4, -0.2) is 57.1 Å². The van der Waals surface area contributed by atoms with Crippen LogP contribution >= 0.6 is 22.4 Å². The second-order valence-corrected chi connectivity index (χ2v) is 13.6. The summed E-state index contributed by atoms with van der Waals surface area (Å²) < 4.78 is 32.7. The third-order valence-corrected chi connectivity index (χ3v) is 10.6. The molecule has 0 saturated heterocycles. The van der Waals surface area contributed by atoms with Gasteiger partial charge in [-0.25, -0.2) is 9.67 Å². The Morgan fingerprint density at radius 1 is 1.24 bits per heavy atom. The number of carbonyl (C=O) groups is 1. The van der Waals surface area contributed by atoms with Crippen LogP contribution in [0.2, 0.25) is 5.02 Å². The second-order valence-electron chi connectivity index (χ2n) is 11.1. The van der Waals surface area contributed by atoms with Crippen molar-refractivity contribution in [2.75, 3.05) is 6.54 Å². The summed E-state index contributed by atoms with van der Waals surface area (Å²) in [5, 5.41) is 18.8. The molecule has 2 aliphatic rings. The van der Waals surface area contributed by atoms with Crippen LogP contribution in [0.15, 0.2) is 41.4 Å². The van der Waals surface area contributed by atoms with Crippen molar-refractivity contribution in [3.8, 4) is 5.88 Å². The third kappa shape index (κ3) is 5.13. The predicted octanol–water partition coefficient (Wildman–Crippen LogP) is 6.12. The molecule has 0 amide bonds. The van der Waals surface area contributed by atoms with Crippen LogP contribution in [0.1, 0.15) is 65.5 Å². The van der Waals surface area contributed by atoms with Gasteiger partial charge in [0.15, 0.2) is 0 Å². The third-order valence-electron chi connectivity index (χ3n) is 8.49. The molecule has 4 aromatic rings. The SMILES string of the molecule is CC[C@@H]1CN(Cc2cc([C@@H](CC(=O)O)c3ccc4c(nnn4C)c3C)cc3c2CCC3)S(O)(O)c2cc(Cl)cnc2O1. The number of rotatable bonds is 7. The van der Waals surface area contributed by atoms with Crippen molar-refractivity contribution in [2.45, 2.75) is 69.4 Å². The van der Waals surface area contributed by atoms with Gasteiger partial charge in [0.25, 0.3) is 0 Å². The van der Waals surface area contributed by atoms with Crippen molar-refractivity contribution >= 4 is 39.4 Å². The first kappa shape index (κ1) is 28.9. The molecule has 0 unspecified atom stereocenters. The van der Waals surface area contributed by atoms with Gasteiger partial charge in [0.2, 0.25) is 5.88 Å². The molecule has 12 heteroatoms. The van der Waals surface area contributed by atoms with Crippen molar-refractivity contribution in [2.24, 2.45) is 7.05 Å². The van der Waals surface area contributed by atoms with Gasteiger partial charge in [0.05, 0.1) is 23.5 Å². The van der Waals surface area contributed by atoms with Crippen LogP contribution in [0, 0.1) is 6.92 Å². The number of hydrogen-bond donors (Lipinski definition) is 3. The zero-order valence-electron chi connectivity index (χ0n) is 23.7. The maximum Gasteiger partial charge on any atom is 0.304 e. The van der Waals surface area contributed by atoms with E-state index in [1.54, 1.807) is 8.99 Å². The molecular weight excluding hydrogens is 578 g/mol. The quantitative estimate of drug-likeness (QED) is 0.226. The van der Waals surface area contributed by atoms with Crippen LogP contribution in [0.3, 0.4) is 0 Å². The number of aromatic nitrogens is 4. The number of benzene rings is 2. The summed E-state index contributed by atoms with van der Waals surface area (Å²) in [6.45, 7) is 4.49. The Morgan fingerprint density at radius 3 is 2.81 bits per heavy atom. The summed E-state index contributed by atoms with van der Waals surface area (Å²) in [6.07, 6.45) is 4.45. The van der Waals surface area contributed by atoms with E-state index in [-0.39, 0.29) is 36.4 Å². The van der Waals surface area contributed by atoms with Gasteiger partial charge < -0.3 is 9.84 Å². The molecule has 0 fully saturated rings. The van der Waals surface area contributed by atoms with Gasteiger partial charge in [-0.15, -0.1) is 15.9 Å². The molecule has 1 aliphatic carbocycles. The molecule has 3 heterocycles. The van der Waals surface area contributed by atoms with E-state index in [4.69, 9.17) is 16.3 Å². The number of pyridine rings is 1. The molecule has 2 aromatic heterocycles. The first-order chi connectivity index (χ1) is 20.1. The molecule has 10 nitrogen and oxygen atoms in total. The van der Waals surface area contributed by atoms with Crippen molar-refractivity contribution in [3.63, 3.8) is 0 Å². The van der Waals surface area contributed by atoms with Crippen LogP contribution in [0.4, 0.5) is 0 Å². The number of halogens is 1. The fourth-order valence-corrected chi connectivity index (χ4v) is 8.10. The van der Waals surface area contributed by atoms with Gasteiger partial charge in [0, 0.05) is 25.7 Å². The minimum atomic E-state index is -3.48.